The van der Waals surface area contributed by atoms with Gasteiger partial charge in [0.25, 0.3) is 0 Å². The van der Waals surface area contributed by atoms with Crippen molar-refractivity contribution in [2.24, 2.45) is 0 Å². The van der Waals surface area contributed by atoms with E-state index in [4.69, 9.17) is 4.98 Å². The van der Waals surface area contributed by atoms with E-state index >= 15 is 0 Å². The molecule has 3 aliphatic carbocycles. The van der Waals surface area contributed by atoms with Gasteiger partial charge in [0.2, 0.25) is 0 Å². The number of fused-ring (bicyclic) bond motifs is 3. The quantitative estimate of drug-likeness (QED) is 0.139. The minimum atomic E-state index is -0.189. The number of aromatic nitrogens is 5. The van der Waals surface area contributed by atoms with Crippen LogP contribution in [0.25, 0.3) is 95.3 Å². The number of nitrogens with zero attached hydrogens (tertiary/aromatic N) is 5. The molecular formula is C85H78FN5S. The highest BCUT2D eigenvalue weighted by Crippen LogP contribution is 2.51. The number of halogens is 1. The molecule has 0 aliphatic heterocycles. The lowest BCUT2D eigenvalue weighted by molar-refractivity contribution is 0.657. The zero-order chi connectivity index (χ0) is 64.4. The van der Waals surface area contributed by atoms with Crippen molar-refractivity contribution in [2.75, 3.05) is 0 Å². The van der Waals surface area contributed by atoms with Crippen LogP contribution in [-0.2, 0) is 5.41 Å². The molecule has 7 heteroatoms. The maximum Gasteiger partial charge on any atom is 0.163 e. The van der Waals surface area contributed by atoms with E-state index < -0.39 is 0 Å². The van der Waals surface area contributed by atoms with Crippen LogP contribution in [-0.4, -0.2) is 24.5 Å². The van der Waals surface area contributed by atoms with Crippen molar-refractivity contribution in [3.8, 4) is 73.0 Å². The third-order valence-electron chi connectivity index (χ3n) is 18.5. The normalized spacial score (nSPS) is 14.0. The standard InChI is InChI=1S/C69H62N2.C16H15N3.FHS/c1-42-30-54(50-21-13-11-14-22-50)37-56(32-42)61-34-45(4)65(57-33-43(2)31-55(38-57)51-23-15-12-16-24-51)49(8)66(48(61)7)53-26-19-25-52(36-53)62-41-71(40-47(62)6)58-28-29-60-63(39-58)69(9,10)64-35-46(5)67(70-68(60)64)59-27-18-17-20-44(59)3;1-12-17-15(13-8-4-2-5-9-13)19-16(18-12)14-10-6-3-7-11-14;1-2/h11-33,35-41H,34H2,1-10H3;2,4-6,8-11H,3,7H2,1H3;2H. The summed E-state index contributed by atoms with van der Waals surface area (Å²) in [4.78, 5) is 18.9. The Morgan fingerprint density at radius 1 is 0.413 bits per heavy atom. The average molecular weight is 1220 g/mol. The molecule has 456 valence electrons. The van der Waals surface area contributed by atoms with Crippen LogP contribution in [0.5, 0.6) is 0 Å². The maximum atomic E-state index is 9.19. The Hall–Kier alpha value is -9.82. The van der Waals surface area contributed by atoms with Crippen LogP contribution < -0.4 is 0 Å². The summed E-state index contributed by atoms with van der Waals surface area (Å²) in [6.45, 7) is 24.8. The molecule has 3 aliphatic rings. The van der Waals surface area contributed by atoms with Crippen LogP contribution in [0.15, 0.2) is 248 Å². The number of pyridine rings is 1. The van der Waals surface area contributed by atoms with Gasteiger partial charge >= 0.3 is 0 Å². The molecule has 3 heterocycles. The molecule has 8 aromatic carbocycles. The van der Waals surface area contributed by atoms with Gasteiger partial charge in [0, 0.05) is 64.3 Å². The fraction of sp³-hybridized carbons (Fsp3) is 0.176. The molecule has 0 fully saturated rings. The maximum absolute atomic E-state index is 9.19. The number of rotatable bonds is 10. The Bertz CT molecular complexity index is 4790. The van der Waals surface area contributed by atoms with E-state index in [-0.39, 0.29) is 5.41 Å². The summed E-state index contributed by atoms with van der Waals surface area (Å²) in [5.41, 5.74) is 35.7. The molecule has 0 bridgehead atoms. The molecule has 5 nitrogen and oxygen atoms in total. The highest BCUT2D eigenvalue weighted by atomic mass is 32.1. The molecule has 14 rings (SSSR count). The molecule has 0 atom stereocenters. The predicted molar refractivity (Wildman–Crippen MR) is 388 cm³/mol. The highest BCUT2D eigenvalue weighted by Gasteiger charge is 2.38. The number of hydrogen-bond acceptors (Lipinski definition) is 5. The van der Waals surface area contributed by atoms with Gasteiger partial charge in [-0.25, -0.2) is 19.9 Å². The van der Waals surface area contributed by atoms with E-state index in [1.54, 1.807) is 0 Å². The van der Waals surface area contributed by atoms with Gasteiger partial charge in [0.15, 0.2) is 11.6 Å². The van der Waals surface area contributed by atoms with Gasteiger partial charge in [-0.2, -0.15) is 3.89 Å². The van der Waals surface area contributed by atoms with Crippen molar-refractivity contribution in [1.82, 2.24) is 24.5 Å². The second-order valence-electron chi connectivity index (χ2n) is 25.4. The Labute approximate surface area is 549 Å². The van der Waals surface area contributed by atoms with Crippen LogP contribution >= 0.6 is 13.0 Å². The summed E-state index contributed by atoms with van der Waals surface area (Å²) in [5.74, 6) is 2.26. The van der Waals surface area contributed by atoms with Gasteiger partial charge in [-0.05, 0) is 223 Å². The molecule has 0 amide bonds. The molecule has 0 saturated heterocycles. The van der Waals surface area contributed by atoms with E-state index in [1.807, 2.05) is 50.3 Å². The van der Waals surface area contributed by atoms with Crippen molar-refractivity contribution < 1.29 is 3.89 Å². The van der Waals surface area contributed by atoms with E-state index in [2.05, 4.69) is 289 Å². The van der Waals surface area contributed by atoms with E-state index in [1.165, 1.54) is 134 Å². The SMILES string of the molecule is CC1=C(c2cc(C)cc(-c3ccccc3)c2)C(C)=C(c2cccc(-c3cn(-c4ccc5c(c4)C(C)(C)c4cc(C)c(-c6ccccc6C)nc4-5)cc3C)c2)C(C)=C(c2cc(C)cc(-c3ccccc3)c2)C1.Cc1nc(C2=CCCC=C2)nc(-c2ccccc2)n1.FS. The molecule has 0 saturated carbocycles. The Kier molecular flexibility index (Phi) is 18.0. The van der Waals surface area contributed by atoms with E-state index in [9.17, 15) is 3.89 Å². The number of allylic oxidation sites excluding steroid dienone is 10. The summed E-state index contributed by atoms with van der Waals surface area (Å²) < 4.78 is 11.5. The summed E-state index contributed by atoms with van der Waals surface area (Å²) in [6.07, 6.45) is 14.1. The molecule has 0 radical (unpaired) electrons. The molecule has 0 spiro atoms. The molecule has 0 N–H and O–H groups in total. The van der Waals surface area contributed by atoms with Crippen LogP contribution in [0, 0.1) is 41.5 Å². The van der Waals surface area contributed by atoms with Crippen molar-refractivity contribution in [3.63, 3.8) is 0 Å². The number of aryl methyl sites for hydroxylation is 6. The van der Waals surface area contributed by atoms with Gasteiger partial charge in [0.05, 0.1) is 11.4 Å². The van der Waals surface area contributed by atoms with Crippen LogP contribution in [0.1, 0.15) is 121 Å². The predicted octanol–water partition coefficient (Wildman–Crippen LogP) is 22.9. The first kappa shape index (κ1) is 62.4. The van der Waals surface area contributed by atoms with Crippen molar-refractivity contribution in [3.05, 3.63) is 315 Å². The second kappa shape index (κ2) is 26.6. The topological polar surface area (TPSA) is 56.5 Å². The van der Waals surface area contributed by atoms with E-state index in [0.29, 0.717) is 0 Å². The number of hydrogen-bond donors (Lipinski definition) is 1. The summed E-state index contributed by atoms with van der Waals surface area (Å²) >= 11 is 2.03. The first-order chi connectivity index (χ1) is 44.6. The molecule has 92 heavy (non-hydrogen) atoms. The van der Waals surface area contributed by atoms with Gasteiger partial charge < -0.3 is 4.57 Å². The van der Waals surface area contributed by atoms with Crippen molar-refractivity contribution in [1.29, 1.82) is 0 Å². The summed E-state index contributed by atoms with van der Waals surface area (Å²) in [7, 11) is 0. The first-order valence-electron chi connectivity index (χ1n) is 31.9. The summed E-state index contributed by atoms with van der Waals surface area (Å²) in [5, 5.41) is 0. The van der Waals surface area contributed by atoms with E-state index in [0.717, 1.165) is 64.9 Å². The molecule has 3 aromatic heterocycles. The fourth-order valence-corrected chi connectivity index (χ4v) is 14.0. The van der Waals surface area contributed by atoms with Crippen molar-refractivity contribution >= 4 is 35.3 Å². The lowest BCUT2D eigenvalue weighted by atomic mass is 9.82. The summed E-state index contributed by atoms with van der Waals surface area (Å²) in [6, 6.07) is 73.1. The second-order valence-corrected chi connectivity index (χ2v) is 25.4. The Morgan fingerprint density at radius 3 is 1.66 bits per heavy atom. The molecule has 0 unspecified atom stereocenters. The minimum Gasteiger partial charge on any atom is -0.323 e. The van der Waals surface area contributed by atoms with Crippen LogP contribution in [0.4, 0.5) is 3.89 Å². The third kappa shape index (κ3) is 12.5. The van der Waals surface area contributed by atoms with Gasteiger partial charge in [0.1, 0.15) is 5.82 Å². The van der Waals surface area contributed by atoms with Gasteiger partial charge in [-0.3, -0.25) is 0 Å². The first-order valence-corrected chi connectivity index (χ1v) is 32.2. The third-order valence-corrected chi connectivity index (χ3v) is 18.5. The minimum absolute atomic E-state index is 0.189. The molecular weight excluding hydrogens is 1140 g/mol. The van der Waals surface area contributed by atoms with Crippen LogP contribution in [0.3, 0.4) is 0 Å². The largest absolute Gasteiger partial charge is 0.323 e. The lowest BCUT2D eigenvalue weighted by Crippen LogP contribution is -2.16. The Balaban J connectivity index is 0.000000329. The Morgan fingerprint density at radius 2 is 1.00 bits per heavy atom. The zero-order valence-electron chi connectivity index (χ0n) is 54.6. The highest BCUT2D eigenvalue weighted by molar-refractivity contribution is 7.74. The zero-order valence-corrected chi connectivity index (χ0v) is 55.5. The van der Waals surface area contributed by atoms with Gasteiger partial charge in [-0.1, -0.05) is 208 Å². The van der Waals surface area contributed by atoms with Crippen LogP contribution in [0.2, 0.25) is 0 Å². The van der Waals surface area contributed by atoms with Crippen molar-refractivity contribution in [2.45, 2.75) is 101 Å². The average Bonchev–Trinajstić information content (AvgIpc) is 1.58. The lowest BCUT2D eigenvalue weighted by Gasteiger charge is -2.22. The fourth-order valence-electron chi connectivity index (χ4n) is 14.0. The smallest absolute Gasteiger partial charge is 0.163 e. The number of thiol groups is 1. The monoisotopic (exact) mass is 1220 g/mol. The van der Waals surface area contributed by atoms with Gasteiger partial charge in [-0.15, -0.1) is 0 Å². The number of benzene rings is 8. The molecule has 11 aromatic rings.